The van der Waals surface area contributed by atoms with Crippen LogP contribution in [-0.2, 0) is 10.0 Å². The Morgan fingerprint density at radius 3 is 2.92 bits per heavy atom. The van der Waals surface area contributed by atoms with E-state index in [0.717, 1.165) is 0 Å². The second kappa shape index (κ2) is 5.98. The van der Waals surface area contributed by atoms with E-state index in [0.29, 0.717) is 24.6 Å². The van der Waals surface area contributed by atoms with Crippen LogP contribution in [0.3, 0.4) is 0 Å². The third kappa shape index (κ3) is 2.69. The first-order valence-electron chi connectivity index (χ1n) is 7.81. The molecule has 2 aromatic rings. The van der Waals surface area contributed by atoms with Crippen molar-refractivity contribution >= 4 is 15.8 Å². The normalized spacial score (nSPS) is 24.3. The summed E-state index contributed by atoms with van der Waals surface area (Å²) >= 11 is 0. The zero-order valence-electron chi connectivity index (χ0n) is 13.2. The standard InChI is InChI=1S/C16H15N5O3S/c17-8-13-16(19-6-5-18-13)20-11-7-12-10-24-14-3-1-2-4-15(14)25(22,23)21(12)9-11/h1-6,11-12H,7,9-10H2,(H,19,20)/t11-,12-/m0/s1. The predicted molar refractivity (Wildman–Crippen MR) is 88.4 cm³/mol. The number of anilines is 1. The predicted octanol–water partition coefficient (Wildman–Crippen LogP) is 0.984. The van der Waals surface area contributed by atoms with Crippen molar-refractivity contribution in [2.45, 2.75) is 23.4 Å². The van der Waals surface area contributed by atoms with E-state index < -0.39 is 10.0 Å². The fourth-order valence-electron chi connectivity index (χ4n) is 3.25. The molecule has 1 N–H and O–H groups in total. The molecule has 2 aliphatic heterocycles. The molecule has 4 rings (SSSR count). The minimum absolute atomic E-state index is 0.169. The number of hydrogen-bond donors (Lipinski definition) is 1. The molecular formula is C16H15N5O3S. The van der Waals surface area contributed by atoms with Crippen molar-refractivity contribution in [3.63, 3.8) is 0 Å². The molecule has 2 aliphatic rings. The molecule has 0 saturated carbocycles. The lowest BCUT2D eigenvalue weighted by atomic mass is 10.2. The Bertz CT molecular complexity index is 956. The molecule has 0 spiro atoms. The van der Waals surface area contributed by atoms with Crippen molar-refractivity contribution in [2.24, 2.45) is 0 Å². The highest BCUT2D eigenvalue weighted by Gasteiger charge is 2.43. The van der Waals surface area contributed by atoms with Crippen molar-refractivity contribution in [1.29, 1.82) is 5.26 Å². The Labute approximate surface area is 145 Å². The first-order valence-corrected chi connectivity index (χ1v) is 9.25. The molecule has 0 amide bonds. The molecule has 0 unspecified atom stereocenters. The minimum atomic E-state index is -3.63. The van der Waals surface area contributed by atoms with Gasteiger partial charge in [0, 0.05) is 25.0 Å². The number of nitrogens with one attached hydrogen (secondary N) is 1. The maximum Gasteiger partial charge on any atom is 0.247 e. The molecule has 1 fully saturated rings. The van der Waals surface area contributed by atoms with Gasteiger partial charge < -0.3 is 10.1 Å². The Balaban J connectivity index is 1.61. The third-order valence-corrected chi connectivity index (χ3v) is 6.33. The van der Waals surface area contributed by atoms with Gasteiger partial charge in [-0.05, 0) is 18.6 Å². The third-order valence-electron chi connectivity index (χ3n) is 4.38. The number of ether oxygens (including phenoxy) is 1. The number of fused-ring (bicyclic) bond motifs is 2. The molecule has 1 aromatic carbocycles. The molecule has 8 nitrogen and oxygen atoms in total. The van der Waals surface area contributed by atoms with Crippen LogP contribution in [0, 0.1) is 11.3 Å². The minimum Gasteiger partial charge on any atom is -0.490 e. The van der Waals surface area contributed by atoms with Gasteiger partial charge in [-0.15, -0.1) is 0 Å². The van der Waals surface area contributed by atoms with Crippen LogP contribution in [-0.4, -0.2) is 47.9 Å². The number of nitriles is 1. The molecule has 0 bridgehead atoms. The van der Waals surface area contributed by atoms with Gasteiger partial charge >= 0.3 is 0 Å². The van der Waals surface area contributed by atoms with Crippen molar-refractivity contribution in [2.75, 3.05) is 18.5 Å². The van der Waals surface area contributed by atoms with E-state index in [9.17, 15) is 8.42 Å². The Kier molecular flexibility index (Phi) is 3.78. The van der Waals surface area contributed by atoms with Gasteiger partial charge in [0.05, 0.1) is 6.04 Å². The lowest BCUT2D eigenvalue weighted by Crippen LogP contribution is -2.37. The lowest BCUT2D eigenvalue weighted by Gasteiger charge is -2.19. The first kappa shape index (κ1) is 15.8. The average molecular weight is 357 g/mol. The summed E-state index contributed by atoms with van der Waals surface area (Å²) in [5, 5.41) is 12.3. The van der Waals surface area contributed by atoms with Crippen LogP contribution in [0.4, 0.5) is 5.82 Å². The van der Waals surface area contributed by atoms with Crippen LogP contribution in [0.25, 0.3) is 0 Å². The van der Waals surface area contributed by atoms with E-state index in [4.69, 9.17) is 10.00 Å². The van der Waals surface area contributed by atoms with Gasteiger partial charge in [-0.2, -0.15) is 9.57 Å². The summed E-state index contributed by atoms with van der Waals surface area (Å²) < 4.78 is 33.1. The molecule has 2 atom stereocenters. The number of aromatic nitrogens is 2. The molecule has 1 aromatic heterocycles. The summed E-state index contributed by atoms with van der Waals surface area (Å²) in [5.41, 5.74) is 0.189. The molecular weight excluding hydrogens is 342 g/mol. The summed E-state index contributed by atoms with van der Waals surface area (Å²) in [7, 11) is -3.63. The van der Waals surface area contributed by atoms with Gasteiger partial charge in [-0.25, -0.2) is 18.4 Å². The molecule has 1 saturated heterocycles. The smallest absolute Gasteiger partial charge is 0.247 e. The fourth-order valence-corrected chi connectivity index (χ4v) is 5.05. The molecule has 128 valence electrons. The summed E-state index contributed by atoms with van der Waals surface area (Å²) in [6.07, 6.45) is 3.50. The van der Waals surface area contributed by atoms with Crippen LogP contribution in [0.5, 0.6) is 5.75 Å². The number of nitrogens with zero attached hydrogens (tertiary/aromatic N) is 4. The highest BCUT2D eigenvalue weighted by molar-refractivity contribution is 7.89. The maximum atomic E-state index is 13.0. The Morgan fingerprint density at radius 1 is 1.28 bits per heavy atom. The monoisotopic (exact) mass is 357 g/mol. The van der Waals surface area contributed by atoms with Crippen molar-refractivity contribution in [3.05, 3.63) is 42.4 Å². The number of rotatable bonds is 2. The van der Waals surface area contributed by atoms with Crippen LogP contribution in [0.15, 0.2) is 41.6 Å². The van der Waals surface area contributed by atoms with E-state index in [1.165, 1.54) is 16.7 Å². The molecule has 25 heavy (non-hydrogen) atoms. The number of sulfonamides is 1. The van der Waals surface area contributed by atoms with E-state index in [1.54, 1.807) is 24.3 Å². The lowest BCUT2D eigenvalue weighted by molar-refractivity contribution is 0.240. The first-order chi connectivity index (χ1) is 12.1. The summed E-state index contributed by atoms with van der Waals surface area (Å²) in [6, 6.07) is 8.21. The average Bonchev–Trinajstić information content (AvgIpc) is 3.00. The van der Waals surface area contributed by atoms with E-state index in [1.807, 2.05) is 6.07 Å². The zero-order valence-corrected chi connectivity index (χ0v) is 14.0. The summed E-state index contributed by atoms with van der Waals surface area (Å²) in [6.45, 7) is 0.576. The van der Waals surface area contributed by atoms with Crippen LogP contribution in [0.2, 0.25) is 0 Å². The fraction of sp³-hybridized carbons (Fsp3) is 0.312. The molecule has 3 heterocycles. The molecule has 0 aliphatic carbocycles. The summed E-state index contributed by atoms with van der Waals surface area (Å²) in [5.74, 6) is 0.758. The molecule has 9 heteroatoms. The SMILES string of the molecule is N#Cc1nccnc1N[C@H]1C[C@H]2COc3ccccc3S(=O)(=O)N2C1. The number of para-hydroxylation sites is 1. The Hall–Kier alpha value is -2.70. The van der Waals surface area contributed by atoms with E-state index >= 15 is 0 Å². The van der Waals surface area contributed by atoms with Gasteiger partial charge in [0.1, 0.15) is 23.3 Å². The van der Waals surface area contributed by atoms with Gasteiger partial charge in [-0.3, -0.25) is 0 Å². The largest absolute Gasteiger partial charge is 0.490 e. The quantitative estimate of drug-likeness (QED) is 0.853. The number of hydrogen-bond acceptors (Lipinski definition) is 7. The van der Waals surface area contributed by atoms with Gasteiger partial charge in [-0.1, -0.05) is 12.1 Å². The summed E-state index contributed by atoms with van der Waals surface area (Å²) in [4.78, 5) is 8.28. The van der Waals surface area contributed by atoms with Gasteiger partial charge in [0.15, 0.2) is 11.5 Å². The molecule has 0 radical (unpaired) electrons. The van der Waals surface area contributed by atoms with Crippen molar-refractivity contribution in [1.82, 2.24) is 14.3 Å². The Morgan fingerprint density at radius 2 is 2.08 bits per heavy atom. The van der Waals surface area contributed by atoms with Gasteiger partial charge in [0.25, 0.3) is 0 Å². The highest BCUT2D eigenvalue weighted by Crippen LogP contribution is 2.35. The second-order valence-corrected chi connectivity index (χ2v) is 7.79. The topological polar surface area (TPSA) is 108 Å². The number of benzene rings is 1. The van der Waals surface area contributed by atoms with Crippen molar-refractivity contribution < 1.29 is 13.2 Å². The van der Waals surface area contributed by atoms with E-state index in [-0.39, 0.29) is 29.2 Å². The van der Waals surface area contributed by atoms with Crippen LogP contribution < -0.4 is 10.1 Å². The zero-order chi connectivity index (χ0) is 17.4. The van der Waals surface area contributed by atoms with E-state index in [2.05, 4.69) is 15.3 Å². The van der Waals surface area contributed by atoms with Crippen LogP contribution >= 0.6 is 0 Å². The van der Waals surface area contributed by atoms with Gasteiger partial charge in [0.2, 0.25) is 10.0 Å². The van der Waals surface area contributed by atoms with Crippen LogP contribution in [0.1, 0.15) is 12.1 Å². The highest BCUT2D eigenvalue weighted by atomic mass is 32.2. The maximum absolute atomic E-state index is 13.0. The second-order valence-electron chi connectivity index (χ2n) is 5.93. The van der Waals surface area contributed by atoms with Crippen molar-refractivity contribution in [3.8, 4) is 11.8 Å².